The number of hydrogen-bond donors (Lipinski definition) is 2. The summed E-state index contributed by atoms with van der Waals surface area (Å²) < 4.78 is 13.5. The number of nitrogens with zero attached hydrogens (tertiary/aromatic N) is 1. The maximum Gasteiger partial charge on any atom is 0.303 e. The molecule has 0 bridgehead atoms. The molecule has 0 fully saturated rings. The maximum absolute atomic E-state index is 13.5. The van der Waals surface area contributed by atoms with Crippen molar-refractivity contribution < 1.29 is 19.2 Å². The van der Waals surface area contributed by atoms with Crippen molar-refractivity contribution in [2.24, 2.45) is 5.92 Å². The minimum absolute atomic E-state index is 0.0608. The van der Waals surface area contributed by atoms with Crippen LogP contribution in [-0.4, -0.2) is 22.5 Å². The Morgan fingerprint density at radius 3 is 2.79 bits per heavy atom. The lowest BCUT2D eigenvalue weighted by Gasteiger charge is -2.12. The van der Waals surface area contributed by atoms with E-state index in [0.717, 1.165) is 6.07 Å². The Hall–Kier alpha value is -2.18. The van der Waals surface area contributed by atoms with Gasteiger partial charge < -0.3 is 10.4 Å². The zero-order chi connectivity index (χ0) is 14.4. The summed E-state index contributed by atoms with van der Waals surface area (Å²) in [5.74, 6) is -1.50. The summed E-state index contributed by atoms with van der Waals surface area (Å²) in [5.41, 5.74) is -0.130. The smallest absolute Gasteiger partial charge is 0.303 e. The highest BCUT2D eigenvalue weighted by Gasteiger charge is 2.11. The van der Waals surface area contributed by atoms with E-state index in [1.807, 2.05) is 6.92 Å². The van der Waals surface area contributed by atoms with Crippen LogP contribution in [0.5, 0.6) is 0 Å². The summed E-state index contributed by atoms with van der Waals surface area (Å²) in [6, 6.07) is 3.37. The van der Waals surface area contributed by atoms with Crippen LogP contribution >= 0.6 is 0 Å². The number of nitro benzene ring substituents is 1. The first-order chi connectivity index (χ1) is 8.90. The molecule has 0 aliphatic rings. The van der Waals surface area contributed by atoms with Gasteiger partial charge in [0.2, 0.25) is 0 Å². The van der Waals surface area contributed by atoms with E-state index < -0.39 is 16.7 Å². The van der Waals surface area contributed by atoms with Gasteiger partial charge in [-0.25, -0.2) is 4.39 Å². The van der Waals surface area contributed by atoms with E-state index in [1.54, 1.807) is 0 Å². The molecule has 0 saturated carbocycles. The van der Waals surface area contributed by atoms with Gasteiger partial charge in [-0.05, 0) is 18.4 Å². The van der Waals surface area contributed by atoms with E-state index in [0.29, 0.717) is 13.0 Å². The molecule has 0 heterocycles. The minimum Gasteiger partial charge on any atom is -0.481 e. The summed E-state index contributed by atoms with van der Waals surface area (Å²) >= 11 is 0. The molecule has 1 unspecified atom stereocenters. The van der Waals surface area contributed by atoms with Crippen LogP contribution in [0.1, 0.15) is 19.8 Å². The van der Waals surface area contributed by atoms with E-state index in [2.05, 4.69) is 5.32 Å². The number of nitrogens with one attached hydrogen (secondary N) is 1. The topological polar surface area (TPSA) is 92.5 Å². The van der Waals surface area contributed by atoms with Gasteiger partial charge >= 0.3 is 5.97 Å². The normalized spacial score (nSPS) is 11.9. The molecule has 19 heavy (non-hydrogen) atoms. The number of non-ortho nitro benzene ring substituents is 1. The van der Waals surface area contributed by atoms with Crippen molar-refractivity contribution in [2.45, 2.75) is 19.8 Å². The van der Waals surface area contributed by atoms with Crippen molar-refractivity contribution in [2.75, 3.05) is 11.9 Å². The molecule has 0 radical (unpaired) electrons. The van der Waals surface area contributed by atoms with Crippen LogP contribution in [0.4, 0.5) is 15.8 Å². The zero-order valence-electron chi connectivity index (χ0n) is 10.4. The molecule has 1 rings (SSSR count). The Balaban J connectivity index is 2.53. The van der Waals surface area contributed by atoms with Crippen molar-refractivity contribution in [3.63, 3.8) is 0 Å². The van der Waals surface area contributed by atoms with Gasteiger partial charge in [-0.3, -0.25) is 14.9 Å². The fourth-order valence-electron chi connectivity index (χ4n) is 1.52. The number of carbonyl (C=O) groups is 1. The van der Waals surface area contributed by atoms with Crippen molar-refractivity contribution >= 4 is 17.3 Å². The lowest BCUT2D eigenvalue weighted by Crippen LogP contribution is -2.13. The molecule has 1 aromatic rings. The van der Waals surface area contributed by atoms with Gasteiger partial charge in [0, 0.05) is 19.0 Å². The monoisotopic (exact) mass is 270 g/mol. The van der Waals surface area contributed by atoms with Crippen LogP contribution < -0.4 is 5.32 Å². The van der Waals surface area contributed by atoms with Gasteiger partial charge in [0.25, 0.3) is 5.69 Å². The molecule has 6 nitrogen and oxygen atoms in total. The molecule has 2 N–H and O–H groups in total. The molecule has 0 saturated heterocycles. The predicted octanol–water partition coefficient (Wildman–Crippen LogP) is 2.65. The summed E-state index contributed by atoms with van der Waals surface area (Å²) in [7, 11) is 0. The van der Waals surface area contributed by atoms with E-state index in [1.165, 1.54) is 12.1 Å². The fourth-order valence-corrected chi connectivity index (χ4v) is 1.52. The van der Waals surface area contributed by atoms with Gasteiger partial charge in [0.15, 0.2) is 5.82 Å². The van der Waals surface area contributed by atoms with Crippen LogP contribution in [-0.2, 0) is 4.79 Å². The number of anilines is 1. The number of rotatable bonds is 7. The quantitative estimate of drug-likeness (QED) is 0.587. The molecule has 0 amide bonds. The summed E-state index contributed by atoms with van der Waals surface area (Å²) in [5, 5.41) is 21.8. The Bertz CT molecular complexity index is 479. The van der Waals surface area contributed by atoms with E-state index in [4.69, 9.17) is 5.11 Å². The second-order valence-electron chi connectivity index (χ2n) is 4.34. The van der Waals surface area contributed by atoms with Gasteiger partial charge in [-0.1, -0.05) is 6.92 Å². The number of carboxylic acid groups (broad SMARTS) is 1. The van der Waals surface area contributed by atoms with Crippen LogP contribution in [0.3, 0.4) is 0 Å². The molecule has 0 aromatic heterocycles. The maximum atomic E-state index is 13.5. The fraction of sp³-hybridized carbons (Fsp3) is 0.417. The molecule has 7 heteroatoms. The Kier molecular flexibility index (Phi) is 5.23. The SMILES string of the molecule is CC(CCC(=O)O)CNc1ccc([N+](=O)[O-])cc1F. The Morgan fingerprint density at radius 1 is 1.58 bits per heavy atom. The Labute approximate surface area is 109 Å². The molecule has 104 valence electrons. The highest BCUT2D eigenvalue weighted by atomic mass is 19.1. The highest BCUT2D eigenvalue weighted by molar-refractivity contribution is 5.66. The minimum atomic E-state index is -0.867. The first-order valence-electron chi connectivity index (χ1n) is 5.79. The van der Waals surface area contributed by atoms with Gasteiger partial charge in [0.1, 0.15) is 0 Å². The van der Waals surface area contributed by atoms with Crippen molar-refractivity contribution in [1.82, 2.24) is 0 Å². The molecular formula is C12H15FN2O4. The van der Waals surface area contributed by atoms with Crippen LogP contribution in [0.25, 0.3) is 0 Å². The summed E-state index contributed by atoms with van der Waals surface area (Å²) in [6.45, 7) is 2.25. The standard InChI is InChI=1S/C12H15FN2O4/c1-8(2-5-12(16)17)7-14-11-4-3-9(15(18)19)6-10(11)13/h3-4,6,8,14H,2,5,7H2,1H3,(H,16,17). The molecule has 0 spiro atoms. The van der Waals surface area contributed by atoms with Crippen LogP contribution in [0.15, 0.2) is 18.2 Å². The third-order valence-electron chi connectivity index (χ3n) is 2.66. The summed E-state index contributed by atoms with van der Waals surface area (Å²) in [4.78, 5) is 20.2. The van der Waals surface area contributed by atoms with Gasteiger partial charge in [-0.15, -0.1) is 0 Å². The second-order valence-corrected chi connectivity index (χ2v) is 4.34. The lowest BCUT2D eigenvalue weighted by atomic mass is 10.1. The first kappa shape index (κ1) is 14.9. The number of aliphatic carboxylic acids is 1. The molecular weight excluding hydrogens is 255 g/mol. The predicted molar refractivity (Wildman–Crippen MR) is 67.6 cm³/mol. The third kappa shape index (κ3) is 4.90. The van der Waals surface area contributed by atoms with Crippen LogP contribution in [0, 0.1) is 21.8 Å². The average Bonchev–Trinajstić information content (AvgIpc) is 2.34. The number of halogens is 1. The lowest BCUT2D eigenvalue weighted by molar-refractivity contribution is -0.385. The number of hydrogen-bond acceptors (Lipinski definition) is 4. The van der Waals surface area contributed by atoms with Crippen molar-refractivity contribution in [1.29, 1.82) is 0 Å². The number of benzene rings is 1. The van der Waals surface area contributed by atoms with Gasteiger partial charge in [-0.2, -0.15) is 0 Å². The first-order valence-corrected chi connectivity index (χ1v) is 5.79. The second kappa shape index (κ2) is 6.67. The van der Waals surface area contributed by atoms with Crippen molar-refractivity contribution in [3.05, 3.63) is 34.1 Å². The largest absolute Gasteiger partial charge is 0.481 e. The number of nitro groups is 1. The zero-order valence-corrected chi connectivity index (χ0v) is 10.4. The average molecular weight is 270 g/mol. The molecule has 1 aromatic carbocycles. The summed E-state index contributed by atoms with van der Waals surface area (Å²) in [6.07, 6.45) is 0.544. The van der Waals surface area contributed by atoms with Gasteiger partial charge in [0.05, 0.1) is 16.7 Å². The Morgan fingerprint density at radius 2 is 2.26 bits per heavy atom. The van der Waals surface area contributed by atoms with E-state index >= 15 is 0 Å². The third-order valence-corrected chi connectivity index (χ3v) is 2.66. The molecule has 1 atom stereocenters. The molecule has 0 aliphatic carbocycles. The highest BCUT2D eigenvalue weighted by Crippen LogP contribution is 2.21. The molecule has 0 aliphatic heterocycles. The van der Waals surface area contributed by atoms with E-state index in [-0.39, 0.29) is 23.7 Å². The number of carboxylic acids is 1. The van der Waals surface area contributed by atoms with Crippen LogP contribution in [0.2, 0.25) is 0 Å². The van der Waals surface area contributed by atoms with Crippen molar-refractivity contribution in [3.8, 4) is 0 Å². The van der Waals surface area contributed by atoms with E-state index in [9.17, 15) is 19.3 Å².